The molecule has 1 aromatic heterocycles. The van der Waals surface area contributed by atoms with Gasteiger partial charge in [0.15, 0.2) is 18.2 Å². The summed E-state index contributed by atoms with van der Waals surface area (Å²) in [7, 11) is 1.52. The molecule has 0 radical (unpaired) electrons. The van der Waals surface area contributed by atoms with Gasteiger partial charge in [0.1, 0.15) is 17.9 Å². The predicted octanol–water partition coefficient (Wildman–Crippen LogP) is 1.95. The monoisotopic (exact) mass is 332 g/mol. The van der Waals surface area contributed by atoms with Gasteiger partial charge in [0.05, 0.1) is 5.52 Å². The number of benzene rings is 1. The molecule has 4 atom stereocenters. The van der Waals surface area contributed by atoms with Crippen molar-refractivity contribution in [2.75, 3.05) is 7.11 Å². The average molecular weight is 332 g/mol. The number of hydrogen-bond acceptors (Lipinski definition) is 6. The molecule has 4 rings (SSSR count). The number of H-pyrrole nitrogens is 1. The number of aromatic amines is 1. The van der Waals surface area contributed by atoms with Gasteiger partial charge in [-0.05, 0) is 32.4 Å². The topological polar surface area (TPSA) is 82.7 Å². The van der Waals surface area contributed by atoms with E-state index in [9.17, 15) is 4.79 Å². The lowest BCUT2D eigenvalue weighted by Gasteiger charge is -2.22. The van der Waals surface area contributed by atoms with Crippen LogP contribution in [0.25, 0.3) is 10.9 Å². The van der Waals surface area contributed by atoms with Crippen molar-refractivity contribution < 1.29 is 23.7 Å². The van der Waals surface area contributed by atoms with E-state index in [4.69, 9.17) is 18.9 Å². The van der Waals surface area contributed by atoms with Crippen LogP contribution in [-0.2, 0) is 18.9 Å². The summed E-state index contributed by atoms with van der Waals surface area (Å²) in [4.78, 5) is 13.0. The second-order valence-electron chi connectivity index (χ2n) is 6.71. The Labute approximate surface area is 139 Å². The summed E-state index contributed by atoms with van der Waals surface area (Å²) >= 11 is 0. The molecular weight excluding hydrogens is 312 g/mol. The molecule has 0 amide bonds. The lowest BCUT2D eigenvalue weighted by molar-refractivity contribution is -0.220. The van der Waals surface area contributed by atoms with Crippen LogP contribution in [0.3, 0.4) is 0 Å². The van der Waals surface area contributed by atoms with Crippen molar-refractivity contribution >= 4 is 16.7 Å². The molecule has 0 unspecified atom stereocenters. The van der Waals surface area contributed by atoms with E-state index < -0.39 is 30.4 Å². The number of rotatable bonds is 3. The van der Waals surface area contributed by atoms with Gasteiger partial charge in [-0.25, -0.2) is 0 Å². The molecule has 2 aromatic rings. The fourth-order valence-corrected chi connectivity index (χ4v) is 3.42. The summed E-state index contributed by atoms with van der Waals surface area (Å²) in [5, 5.41) is 7.86. The summed E-state index contributed by atoms with van der Waals surface area (Å²) in [5.74, 6) is -1.01. The van der Waals surface area contributed by atoms with Crippen molar-refractivity contribution in [2.24, 2.45) is 0 Å². The Balaban J connectivity index is 1.68. The van der Waals surface area contributed by atoms with Crippen molar-refractivity contribution in [2.45, 2.75) is 51.2 Å². The number of methoxy groups -OCH3 is 1. The van der Waals surface area contributed by atoms with E-state index >= 15 is 0 Å². The minimum absolute atomic E-state index is 0.235. The molecule has 2 saturated heterocycles. The lowest BCUT2D eigenvalue weighted by atomic mass is 10.0. The Morgan fingerprint density at radius 3 is 2.79 bits per heavy atom. The largest absolute Gasteiger partial charge is 0.353 e. The first-order chi connectivity index (χ1) is 11.4. The SMILES string of the molecule is CO[C@H]1O[C@H](C(=O)c2n[nH]c3cc(C)ccc23)[C@H]2OC(C)(C)O[C@@H]12. The zero-order chi connectivity index (χ0) is 17.1. The second kappa shape index (κ2) is 5.35. The van der Waals surface area contributed by atoms with Gasteiger partial charge >= 0.3 is 0 Å². The van der Waals surface area contributed by atoms with E-state index in [1.165, 1.54) is 7.11 Å². The number of fused-ring (bicyclic) bond motifs is 2. The Morgan fingerprint density at radius 2 is 2.04 bits per heavy atom. The van der Waals surface area contributed by atoms with Crippen LogP contribution in [0.4, 0.5) is 0 Å². The summed E-state index contributed by atoms with van der Waals surface area (Å²) in [6.45, 7) is 5.61. The first kappa shape index (κ1) is 15.7. The van der Waals surface area contributed by atoms with Crippen LogP contribution in [0, 0.1) is 6.92 Å². The van der Waals surface area contributed by atoms with Gasteiger partial charge in [-0.1, -0.05) is 12.1 Å². The van der Waals surface area contributed by atoms with E-state index in [0.717, 1.165) is 16.5 Å². The van der Waals surface area contributed by atoms with E-state index in [-0.39, 0.29) is 5.78 Å². The van der Waals surface area contributed by atoms with Crippen LogP contribution >= 0.6 is 0 Å². The molecule has 1 N–H and O–H groups in total. The minimum Gasteiger partial charge on any atom is -0.353 e. The fraction of sp³-hybridized carbons (Fsp3) is 0.529. The van der Waals surface area contributed by atoms with Gasteiger partial charge in [0.2, 0.25) is 5.78 Å². The maximum absolute atomic E-state index is 13.0. The summed E-state index contributed by atoms with van der Waals surface area (Å²) in [5.41, 5.74) is 2.26. The number of nitrogens with one attached hydrogen (secondary N) is 1. The van der Waals surface area contributed by atoms with Crippen molar-refractivity contribution in [1.29, 1.82) is 0 Å². The molecule has 2 aliphatic heterocycles. The molecule has 3 heterocycles. The molecule has 2 aliphatic rings. The molecule has 0 spiro atoms. The second-order valence-corrected chi connectivity index (χ2v) is 6.71. The standard InChI is InChI=1S/C17H20N2O5/c1-8-5-6-9-10(7-8)18-19-11(9)12(20)13-14-15(16(21-4)22-13)24-17(2,3)23-14/h5-7,13-16H,1-4H3,(H,18,19)/t13-,14-,15-,16+/m1/s1. The molecular formula is C17H20N2O5. The molecule has 24 heavy (non-hydrogen) atoms. The van der Waals surface area contributed by atoms with Crippen LogP contribution in [0.2, 0.25) is 0 Å². The van der Waals surface area contributed by atoms with E-state index in [0.29, 0.717) is 5.69 Å². The molecule has 1 aromatic carbocycles. The number of Topliss-reactive ketones (excluding diaryl/α,β-unsaturated/α-hetero) is 1. The highest BCUT2D eigenvalue weighted by Gasteiger charge is 2.58. The Kier molecular flexibility index (Phi) is 3.50. The van der Waals surface area contributed by atoms with Crippen LogP contribution in [0.5, 0.6) is 0 Å². The highest BCUT2D eigenvalue weighted by atomic mass is 16.8. The summed E-state index contributed by atoms with van der Waals surface area (Å²) < 4.78 is 22.8. The molecule has 7 nitrogen and oxygen atoms in total. The summed E-state index contributed by atoms with van der Waals surface area (Å²) in [6, 6.07) is 5.79. The zero-order valence-electron chi connectivity index (χ0n) is 14.0. The highest BCUT2D eigenvalue weighted by molar-refractivity contribution is 6.08. The Hall–Kier alpha value is -1.80. The maximum Gasteiger partial charge on any atom is 0.215 e. The van der Waals surface area contributed by atoms with Gasteiger partial charge in [-0.15, -0.1) is 0 Å². The molecule has 2 fully saturated rings. The number of ketones is 1. The van der Waals surface area contributed by atoms with E-state index in [2.05, 4.69) is 10.2 Å². The number of aromatic nitrogens is 2. The quantitative estimate of drug-likeness (QED) is 0.865. The van der Waals surface area contributed by atoms with Gasteiger partial charge in [0, 0.05) is 12.5 Å². The smallest absolute Gasteiger partial charge is 0.215 e. The number of nitrogens with zero attached hydrogens (tertiary/aromatic N) is 1. The van der Waals surface area contributed by atoms with E-state index in [1.54, 1.807) is 0 Å². The van der Waals surface area contributed by atoms with Crippen molar-refractivity contribution in [1.82, 2.24) is 10.2 Å². The number of carbonyl (C=O) groups excluding carboxylic acids is 1. The third kappa shape index (κ3) is 2.36. The number of aryl methyl sites for hydroxylation is 1. The number of carbonyl (C=O) groups is 1. The third-order valence-electron chi connectivity index (χ3n) is 4.45. The first-order valence-corrected chi connectivity index (χ1v) is 7.92. The first-order valence-electron chi connectivity index (χ1n) is 7.92. The van der Waals surface area contributed by atoms with Crippen LogP contribution in [0.15, 0.2) is 18.2 Å². The summed E-state index contributed by atoms with van der Waals surface area (Å²) in [6.07, 6.45) is -2.41. The van der Waals surface area contributed by atoms with Crippen molar-refractivity contribution in [3.05, 3.63) is 29.5 Å². The van der Waals surface area contributed by atoms with Gasteiger partial charge in [-0.3, -0.25) is 9.89 Å². The molecule has 0 bridgehead atoms. The van der Waals surface area contributed by atoms with Crippen molar-refractivity contribution in [3.8, 4) is 0 Å². The molecule has 0 saturated carbocycles. The van der Waals surface area contributed by atoms with Crippen LogP contribution in [-0.4, -0.2) is 53.5 Å². The Morgan fingerprint density at radius 1 is 1.29 bits per heavy atom. The fourth-order valence-electron chi connectivity index (χ4n) is 3.42. The average Bonchev–Trinajstić information content (AvgIpc) is 3.16. The number of hydrogen-bond donors (Lipinski definition) is 1. The minimum atomic E-state index is -0.811. The molecule has 7 heteroatoms. The van der Waals surface area contributed by atoms with Crippen molar-refractivity contribution in [3.63, 3.8) is 0 Å². The van der Waals surface area contributed by atoms with Crippen LogP contribution in [0.1, 0.15) is 29.9 Å². The molecule has 0 aliphatic carbocycles. The Bertz CT molecular complexity index is 799. The van der Waals surface area contributed by atoms with Gasteiger partial charge in [-0.2, -0.15) is 5.10 Å². The van der Waals surface area contributed by atoms with E-state index in [1.807, 2.05) is 39.0 Å². The third-order valence-corrected chi connectivity index (χ3v) is 4.45. The molecule has 128 valence electrons. The maximum atomic E-state index is 13.0. The van der Waals surface area contributed by atoms with Crippen LogP contribution < -0.4 is 0 Å². The zero-order valence-corrected chi connectivity index (χ0v) is 14.0. The number of ether oxygens (including phenoxy) is 4. The normalized spacial score (nSPS) is 31.5. The lowest BCUT2D eigenvalue weighted by Crippen LogP contribution is -2.36. The van der Waals surface area contributed by atoms with Gasteiger partial charge in [0.25, 0.3) is 0 Å². The predicted molar refractivity (Wildman–Crippen MR) is 84.7 cm³/mol. The highest BCUT2D eigenvalue weighted by Crippen LogP contribution is 2.40. The van der Waals surface area contributed by atoms with Gasteiger partial charge < -0.3 is 18.9 Å².